The fourth-order valence-corrected chi connectivity index (χ4v) is 3.44. The standard InChI is InChI=1S/C23H28N2O4/c1-27-20-9-10-22(29-3)19(16-20)17-24-12-14-25(15-13-24)23(26)11-8-18-6-4-5-7-21(18)28-2/h4-11,16H,12-15,17H2,1-3H3/b11-8+. The van der Waals surface area contributed by atoms with E-state index in [0.29, 0.717) is 13.1 Å². The summed E-state index contributed by atoms with van der Waals surface area (Å²) in [6, 6.07) is 13.5. The van der Waals surface area contributed by atoms with Crippen molar-refractivity contribution in [2.75, 3.05) is 47.5 Å². The van der Waals surface area contributed by atoms with Gasteiger partial charge in [-0.05, 0) is 30.3 Å². The third kappa shape index (κ3) is 5.29. The van der Waals surface area contributed by atoms with E-state index in [2.05, 4.69) is 4.90 Å². The highest BCUT2D eigenvalue weighted by Crippen LogP contribution is 2.25. The molecule has 154 valence electrons. The summed E-state index contributed by atoms with van der Waals surface area (Å²) >= 11 is 0. The lowest BCUT2D eigenvalue weighted by molar-refractivity contribution is -0.127. The molecular weight excluding hydrogens is 368 g/mol. The van der Waals surface area contributed by atoms with Crippen molar-refractivity contribution in [1.29, 1.82) is 0 Å². The van der Waals surface area contributed by atoms with E-state index in [4.69, 9.17) is 14.2 Å². The molecule has 6 nitrogen and oxygen atoms in total. The number of hydrogen-bond acceptors (Lipinski definition) is 5. The molecule has 1 saturated heterocycles. The quantitative estimate of drug-likeness (QED) is 0.674. The number of carbonyl (C=O) groups is 1. The first-order valence-corrected chi connectivity index (χ1v) is 9.68. The molecule has 0 atom stereocenters. The highest BCUT2D eigenvalue weighted by Gasteiger charge is 2.21. The maximum atomic E-state index is 12.6. The van der Waals surface area contributed by atoms with Crippen molar-refractivity contribution in [3.8, 4) is 17.2 Å². The Morgan fingerprint density at radius 1 is 0.931 bits per heavy atom. The van der Waals surface area contributed by atoms with Gasteiger partial charge in [0.2, 0.25) is 5.91 Å². The van der Waals surface area contributed by atoms with Crippen LogP contribution < -0.4 is 14.2 Å². The van der Waals surface area contributed by atoms with Crippen molar-refractivity contribution < 1.29 is 19.0 Å². The summed E-state index contributed by atoms with van der Waals surface area (Å²) in [7, 11) is 4.97. The Balaban J connectivity index is 1.56. The lowest BCUT2D eigenvalue weighted by atomic mass is 10.1. The Morgan fingerprint density at radius 2 is 1.66 bits per heavy atom. The Kier molecular flexibility index (Phi) is 7.14. The fraction of sp³-hybridized carbons (Fsp3) is 0.348. The molecule has 3 rings (SSSR count). The first-order chi connectivity index (χ1) is 14.1. The summed E-state index contributed by atoms with van der Waals surface area (Å²) in [4.78, 5) is 16.8. The summed E-state index contributed by atoms with van der Waals surface area (Å²) < 4.78 is 16.1. The minimum absolute atomic E-state index is 0.0227. The topological polar surface area (TPSA) is 51.2 Å². The van der Waals surface area contributed by atoms with Crippen LogP contribution in [0.15, 0.2) is 48.5 Å². The van der Waals surface area contributed by atoms with Crippen LogP contribution in [-0.4, -0.2) is 63.2 Å². The molecule has 1 heterocycles. The molecule has 0 spiro atoms. The van der Waals surface area contributed by atoms with Crippen molar-refractivity contribution in [3.63, 3.8) is 0 Å². The monoisotopic (exact) mass is 396 g/mol. The van der Waals surface area contributed by atoms with Gasteiger partial charge < -0.3 is 19.1 Å². The highest BCUT2D eigenvalue weighted by molar-refractivity contribution is 5.92. The van der Waals surface area contributed by atoms with Gasteiger partial charge in [-0.1, -0.05) is 18.2 Å². The van der Waals surface area contributed by atoms with Gasteiger partial charge in [-0.15, -0.1) is 0 Å². The van der Waals surface area contributed by atoms with Gasteiger partial charge >= 0.3 is 0 Å². The zero-order valence-electron chi connectivity index (χ0n) is 17.3. The Bertz CT molecular complexity index is 858. The molecule has 0 radical (unpaired) electrons. The van der Waals surface area contributed by atoms with Crippen LogP contribution in [0, 0.1) is 0 Å². The third-order valence-electron chi connectivity index (χ3n) is 5.11. The number of para-hydroxylation sites is 1. The summed E-state index contributed by atoms with van der Waals surface area (Å²) in [6.45, 7) is 3.78. The second kappa shape index (κ2) is 9.98. The molecule has 0 aromatic heterocycles. The largest absolute Gasteiger partial charge is 0.497 e. The second-order valence-electron chi connectivity index (χ2n) is 6.85. The summed E-state index contributed by atoms with van der Waals surface area (Å²) in [5.74, 6) is 2.45. The molecule has 0 N–H and O–H groups in total. The lowest BCUT2D eigenvalue weighted by Crippen LogP contribution is -2.47. The minimum atomic E-state index is 0.0227. The fourth-order valence-electron chi connectivity index (χ4n) is 3.44. The van der Waals surface area contributed by atoms with Crippen LogP contribution in [0.1, 0.15) is 11.1 Å². The van der Waals surface area contributed by atoms with Gasteiger partial charge in [0.25, 0.3) is 0 Å². The number of benzene rings is 2. The van der Waals surface area contributed by atoms with Crippen LogP contribution >= 0.6 is 0 Å². The molecule has 1 amide bonds. The van der Waals surface area contributed by atoms with E-state index in [0.717, 1.165) is 48.0 Å². The first kappa shape index (κ1) is 20.7. The molecule has 0 unspecified atom stereocenters. The van der Waals surface area contributed by atoms with E-state index in [9.17, 15) is 4.79 Å². The van der Waals surface area contributed by atoms with Crippen LogP contribution in [0.25, 0.3) is 6.08 Å². The molecule has 2 aromatic rings. The zero-order chi connectivity index (χ0) is 20.6. The first-order valence-electron chi connectivity index (χ1n) is 9.68. The van der Waals surface area contributed by atoms with Crippen LogP contribution in [0.3, 0.4) is 0 Å². The van der Waals surface area contributed by atoms with Gasteiger partial charge in [0, 0.05) is 49.9 Å². The predicted octanol–water partition coefficient (Wildman–Crippen LogP) is 3.07. The van der Waals surface area contributed by atoms with E-state index >= 15 is 0 Å². The Labute approximate surface area is 172 Å². The SMILES string of the molecule is COc1ccc(OC)c(CN2CCN(C(=O)/C=C/c3ccccc3OC)CC2)c1. The molecule has 0 aliphatic carbocycles. The maximum absolute atomic E-state index is 12.6. The van der Waals surface area contributed by atoms with Gasteiger partial charge in [-0.3, -0.25) is 9.69 Å². The molecule has 29 heavy (non-hydrogen) atoms. The molecule has 1 aliphatic heterocycles. The number of carbonyl (C=O) groups excluding carboxylic acids is 1. The van der Waals surface area contributed by atoms with E-state index in [1.165, 1.54) is 0 Å². The third-order valence-corrected chi connectivity index (χ3v) is 5.11. The lowest BCUT2D eigenvalue weighted by Gasteiger charge is -2.34. The van der Waals surface area contributed by atoms with Gasteiger partial charge in [-0.25, -0.2) is 0 Å². The minimum Gasteiger partial charge on any atom is -0.497 e. The van der Waals surface area contributed by atoms with Crippen molar-refractivity contribution in [2.45, 2.75) is 6.54 Å². The molecule has 2 aromatic carbocycles. The summed E-state index contributed by atoms with van der Waals surface area (Å²) in [5, 5.41) is 0. The zero-order valence-corrected chi connectivity index (χ0v) is 17.3. The van der Waals surface area contributed by atoms with Gasteiger partial charge in [0.15, 0.2) is 0 Å². The summed E-state index contributed by atoms with van der Waals surface area (Å²) in [5.41, 5.74) is 1.98. The second-order valence-corrected chi connectivity index (χ2v) is 6.85. The highest BCUT2D eigenvalue weighted by atomic mass is 16.5. The van der Waals surface area contributed by atoms with Crippen molar-refractivity contribution in [1.82, 2.24) is 9.80 Å². The van der Waals surface area contributed by atoms with E-state index in [1.54, 1.807) is 27.4 Å². The van der Waals surface area contributed by atoms with Crippen LogP contribution in [-0.2, 0) is 11.3 Å². The molecule has 1 fully saturated rings. The number of methoxy groups -OCH3 is 3. The maximum Gasteiger partial charge on any atom is 0.246 e. The van der Waals surface area contributed by atoms with Gasteiger partial charge in [0.05, 0.1) is 21.3 Å². The number of nitrogens with zero attached hydrogens (tertiary/aromatic N) is 2. The molecule has 6 heteroatoms. The summed E-state index contributed by atoms with van der Waals surface area (Å²) in [6.07, 6.45) is 3.44. The van der Waals surface area contributed by atoms with Crippen molar-refractivity contribution in [2.24, 2.45) is 0 Å². The predicted molar refractivity (Wildman–Crippen MR) is 113 cm³/mol. The normalized spacial score (nSPS) is 14.8. The molecule has 0 bridgehead atoms. The number of hydrogen-bond donors (Lipinski definition) is 0. The van der Waals surface area contributed by atoms with Crippen LogP contribution in [0.2, 0.25) is 0 Å². The number of ether oxygens (including phenoxy) is 3. The average molecular weight is 396 g/mol. The van der Waals surface area contributed by atoms with E-state index in [-0.39, 0.29) is 5.91 Å². The van der Waals surface area contributed by atoms with Gasteiger partial charge in [0.1, 0.15) is 17.2 Å². The smallest absolute Gasteiger partial charge is 0.246 e. The van der Waals surface area contributed by atoms with Crippen LogP contribution in [0.5, 0.6) is 17.2 Å². The average Bonchev–Trinajstić information content (AvgIpc) is 2.78. The number of amides is 1. The van der Waals surface area contributed by atoms with Gasteiger partial charge in [-0.2, -0.15) is 0 Å². The van der Waals surface area contributed by atoms with Crippen molar-refractivity contribution in [3.05, 3.63) is 59.7 Å². The van der Waals surface area contributed by atoms with E-state index in [1.807, 2.05) is 53.4 Å². The number of rotatable bonds is 7. The van der Waals surface area contributed by atoms with E-state index < -0.39 is 0 Å². The van der Waals surface area contributed by atoms with Crippen LogP contribution in [0.4, 0.5) is 0 Å². The Hall–Kier alpha value is -2.99. The number of piperazine rings is 1. The molecule has 0 saturated carbocycles. The Morgan fingerprint density at radius 3 is 2.34 bits per heavy atom. The van der Waals surface area contributed by atoms with Crippen molar-refractivity contribution >= 4 is 12.0 Å². The molecular formula is C23H28N2O4. The molecule has 1 aliphatic rings.